The van der Waals surface area contributed by atoms with E-state index in [2.05, 4.69) is 16.7 Å². The first kappa shape index (κ1) is 10.5. The smallest absolute Gasteiger partial charge is 0.0793 e. The zero-order valence-corrected chi connectivity index (χ0v) is 8.21. The molecule has 0 unspecified atom stereocenters. The van der Waals surface area contributed by atoms with Crippen LogP contribution >= 0.6 is 0 Å². The van der Waals surface area contributed by atoms with Gasteiger partial charge >= 0.3 is 0 Å². The summed E-state index contributed by atoms with van der Waals surface area (Å²) < 4.78 is 0. The lowest BCUT2D eigenvalue weighted by atomic mass is 9.92. The number of rotatable bonds is 2. The summed E-state index contributed by atoms with van der Waals surface area (Å²) in [4.78, 5) is 2.25. The number of aliphatic hydroxyl groups is 1. The minimum absolute atomic E-state index is 0.375. The minimum atomic E-state index is -0.615. The first-order chi connectivity index (χ1) is 6.20. The van der Waals surface area contributed by atoms with E-state index in [9.17, 15) is 5.11 Å². The van der Waals surface area contributed by atoms with E-state index in [0.29, 0.717) is 6.54 Å². The van der Waals surface area contributed by atoms with Crippen LogP contribution in [0.4, 0.5) is 0 Å². The maximum Gasteiger partial charge on any atom is 0.0793 e. The summed E-state index contributed by atoms with van der Waals surface area (Å²) in [7, 11) is 0. The van der Waals surface area contributed by atoms with Crippen LogP contribution < -0.4 is 5.73 Å². The molecule has 3 heteroatoms. The molecule has 1 fully saturated rings. The number of piperidine rings is 1. The quantitative estimate of drug-likeness (QED) is 0.581. The van der Waals surface area contributed by atoms with Gasteiger partial charge in [-0.1, -0.05) is 5.92 Å². The van der Waals surface area contributed by atoms with Crippen LogP contribution in [-0.2, 0) is 0 Å². The molecular weight excluding hydrogens is 164 g/mol. The Balaban J connectivity index is 2.33. The van der Waals surface area contributed by atoms with E-state index in [1.165, 1.54) is 0 Å². The Kier molecular flexibility index (Phi) is 3.73. The summed E-state index contributed by atoms with van der Waals surface area (Å²) in [6, 6.07) is 0. The highest BCUT2D eigenvalue weighted by Crippen LogP contribution is 2.20. The zero-order chi connectivity index (χ0) is 9.73. The largest absolute Gasteiger partial charge is 0.388 e. The zero-order valence-electron chi connectivity index (χ0n) is 8.21. The molecule has 1 saturated heterocycles. The number of hydrogen-bond acceptors (Lipinski definition) is 3. The van der Waals surface area contributed by atoms with Crippen LogP contribution in [-0.4, -0.2) is 41.8 Å². The van der Waals surface area contributed by atoms with Crippen molar-refractivity contribution in [3.8, 4) is 11.8 Å². The van der Waals surface area contributed by atoms with Crippen molar-refractivity contribution in [2.45, 2.75) is 25.4 Å². The molecule has 0 saturated carbocycles. The third-order valence-corrected chi connectivity index (χ3v) is 2.65. The molecule has 1 aliphatic heterocycles. The van der Waals surface area contributed by atoms with Gasteiger partial charge in [-0.3, -0.25) is 4.90 Å². The van der Waals surface area contributed by atoms with Crippen molar-refractivity contribution in [2.75, 3.05) is 26.2 Å². The SMILES string of the molecule is CC#CCN1CCC(O)(CN)CC1. The van der Waals surface area contributed by atoms with Crippen molar-refractivity contribution in [2.24, 2.45) is 5.73 Å². The average Bonchev–Trinajstić information content (AvgIpc) is 2.17. The first-order valence-corrected chi connectivity index (χ1v) is 4.74. The Morgan fingerprint density at radius 3 is 2.54 bits per heavy atom. The summed E-state index contributed by atoms with van der Waals surface area (Å²) >= 11 is 0. The summed E-state index contributed by atoms with van der Waals surface area (Å²) in [6.07, 6.45) is 1.55. The van der Waals surface area contributed by atoms with Crippen molar-refractivity contribution in [3.63, 3.8) is 0 Å². The predicted molar refractivity (Wildman–Crippen MR) is 53.1 cm³/mol. The van der Waals surface area contributed by atoms with Gasteiger partial charge in [-0.15, -0.1) is 5.92 Å². The highest BCUT2D eigenvalue weighted by Gasteiger charge is 2.30. The average molecular weight is 182 g/mol. The third-order valence-electron chi connectivity index (χ3n) is 2.65. The van der Waals surface area contributed by atoms with Crippen LogP contribution in [0.1, 0.15) is 19.8 Å². The van der Waals surface area contributed by atoms with Crippen molar-refractivity contribution >= 4 is 0 Å². The Bertz CT molecular complexity index is 209. The van der Waals surface area contributed by atoms with Crippen LogP contribution in [0.2, 0.25) is 0 Å². The first-order valence-electron chi connectivity index (χ1n) is 4.74. The minimum Gasteiger partial charge on any atom is -0.388 e. The van der Waals surface area contributed by atoms with Gasteiger partial charge in [0.05, 0.1) is 12.1 Å². The lowest BCUT2D eigenvalue weighted by molar-refractivity contribution is -0.0103. The van der Waals surface area contributed by atoms with Crippen molar-refractivity contribution in [3.05, 3.63) is 0 Å². The standard InChI is InChI=1S/C10H18N2O/c1-2-3-6-12-7-4-10(13,9-11)5-8-12/h13H,4-9,11H2,1H3. The molecule has 1 rings (SSSR count). The van der Waals surface area contributed by atoms with Crippen LogP contribution in [0.5, 0.6) is 0 Å². The van der Waals surface area contributed by atoms with Crippen LogP contribution in [0.15, 0.2) is 0 Å². The number of likely N-dealkylation sites (tertiary alicyclic amines) is 1. The molecule has 1 aliphatic rings. The Labute approximate surface area is 79.9 Å². The van der Waals surface area contributed by atoms with Gasteiger partial charge in [0.15, 0.2) is 0 Å². The lowest BCUT2D eigenvalue weighted by Gasteiger charge is -2.36. The molecule has 0 aliphatic carbocycles. The number of nitrogens with zero attached hydrogens (tertiary/aromatic N) is 1. The Hall–Kier alpha value is -0.560. The van der Waals surface area contributed by atoms with E-state index in [1.807, 2.05) is 6.92 Å². The maximum absolute atomic E-state index is 9.84. The van der Waals surface area contributed by atoms with E-state index in [-0.39, 0.29) is 0 Å². The van der Waals surface area contributed by atoms with E-state index in [0.717, 1.165) is 32.5 Å². The topological polar surface area (TPSA) is 49.5 Å². The fourth-order valence-electron chi connectivity index (χ4n) is 1.52. The van der Waals surface area contributed by atoms with Gasteiger partial charge in [-0.05, 0) is 19.8 Å². The summed E-state index contributed by atoms with van der Waals surface area (Å²) in [6.45, 7) is 4.85. The van der Waals surface area contributed by atoms with Gasteiger partial charge in [0.25, 0.3) is 0 Å². The van der Waals surface area contributed by atoms with Crippen LogP contribution in [0.25, 0.3) is 0 Å². The molecule has 3 N–H and O–H groups in total. The molecule has 74 valence electrons. The molecule has 0 amide bonds. The molecule has 0 aromatic heterocycles. The van der Waals surface area contributed by atoms with Crippen molar-refractivity contribution < 1.29 is 5.11 Å². The van der Waals surface area contributed by atoms with E-state index in [1.54, 1.807) is 0 Å². The molecule has 1 heterocycles. The van der Waals surface area contributed by atoms with Gasteiger partial charge in [0, 0.05) is 19.6 Å². The van der Waals surface area contributed by atoms with E-state index < -0.39 is 5.60 Å². The third kappa shape index (κ3) is 3.00. The highest BCUT2D eigenvalue weighted by molar-refractivity contribution is 4.99. The van der Waals surface area contributed by atoms with Gasteiger partial charge in [-0.2, -0.15) is 0 Å². The van der Waals surface area contributed by atoms with Crippen molar-refractivity contribution in [1.29, 1.82) is 0 Å². The molecule has 13 heavy (non-hydrogen) atoms. The molecule has 0 aromatic carbocycles. The van der Waals surface area contributed by atoms with Gasteiger partial charge in [-0.25, -0.2) is 0 Å². The molecule has 0 spiro atoms. The summed E-state index contributed by atoms with van der Waals surface area (Å²) in [5.41, 5.74) is 4.87. The lowest BCUT2D eigenvalue weighted by Crippen LogP contribution is -2.48. The summed E-state index contributed by atoms with van der Waals surface area (Å²) in [5, 5.41) is 9.84. The molecular formula is C10H18N2O. The summed E-state index contributed by atoms with van der Waals surface area (Å²) in [5.74, 6) is 5.90. The van der Waals surface area contributed by atoms with Gasteiger partial charge < -0.3 is 10.8 Å². The maximum atomic E-state index is 9.84. The predicted octanol–water partition coefficient (Wildman–Crippen LogP) is -0.205. The fraction of sp³-hybridized carbons (Fsp3) is 0.800. The molecule has 0 atom stereocenters. The second-order valence-corrected chi connectivity index (χ2v) is 3.63. The van der Waals surface area contributed by atoms with Crippen LogP contribution in [0.3, 0.4) is 0 Å². The second-order valence-electron chi connectivity index (χ2n) is 3.63. The van der Waals surface area contributed by atoms with Gasteiger partial charge in [0.2, 0.25) is 0 Å². The second kappa shape index (κ2) is 4.61. The van der Waals surface area contributed by atoms with E-state index >= 15 is 0 Å². The Morgan fingerprint density at radius 1 is 1.46 bits per heavy atom. The van der Waals surface area contributed by atoms with Gasteiger partial charge in [0.1, 0.15) is 0 Å². The van der Waals surface area contributed by atoms with Crippen LogP contribution in [0, 0.1) is 11.8 Å². The van der Waals surface area contributed by atoms with E-state index in [4.69, 9.17) is 5.73 Å². The normalized spacial score (nSPS) is 22.1. The highest BCUT2D eigenvalue weighted by atomic mass is 16.3. The molecule has 0 radical (unpaired) electrons. The fourth-order valence-corrected chi connectivity index (χ4v) is 1.52. The molecule has 0 bridgehead atoms. The monoisotopic (exact) mass is 182 g/mol. The molecule has 3 nitrogen and oxygen atoms in total. The Morgan fingerprint density at radius 2 is 2.08 bits per heavy atom. The molecule has 0 aromatic rings. The van der Waals surface area contributed by atoms with Crippen molar-refractivity contribution in [1.82, 2.24) is 4.90 Å². The number of hydrogen-bond donors (Lipinski definition) is 2. The number of nitrogens with two attached hydrogens (primary N) is 1.